The number of rotatable bonds is 5. The van der Waals surface area contributed by atoms with E-state index in [-0.39, 0.29) is 5.69 Å². The van der Waals surface area contributed by atoms with Gasteiger partial charge in [-0.15, -0.1) is 0 Å². The molecule has 3 rings (SSSR count). The van der Waals surface area contributed by atoms with Gasteiger partial charge in [-0.05, 0) is 55.0 Å². The summed E-state index contributed by atoms with van der Waals surface area (Å²) >= 11 is 5.98. The van der Waals surface area contributed by atoms with E-state index in [2.05, 4.69) is 20.7 Å². The van der Waals surface area contributed by atoms with Crippen LogP contribution in [-0.4, -0.2) is 28.3 Å². The van der Waals surface area contributed by atoms with E-state index in [1.807, 2.05) is 0 Å². The average molecular weight is 383 g/mol. The number of halogens is 1. The van der Waals surface area contributed by atoms with Crippen LogP contribution in [0.4, 0.5) is 0 Å². The van der Waals surface area contributed by atoms with E-state index in [9.17, 15) is 9.59 Å². The molecule has 7 nitrogen and oxygen atoms in total. The summed E-state index contributed by atoms with van der Waals surface area (Å²) in [6.45, 7) is 1.80. The second kappa shape index (κ2) is 8.29. The van der Waals surface area contributed by atoms with Crippen molar-refractivity contribution in [2.45, 2.75) is 6.92 Å². The molecule has 136 valence electrons. The number of nitrogens with one attached hydrogen (secondary N) is 2. The highest BCUT2D eigenvalue weighted by Crippen LogP contribution is 2.18. The van der Waals surface area contributed by atoms with Gasteiger partial charge in [-0.1, -0.05) is 23.7 Å². The van der Waals surface area contributed by atoms with Crippen molar-refractivity contribution in [1.82, 2.24) is 15.6 Å². The third-order valence-corrected chi connectivity index (χ3v) is 3.83. The molecule has 0 spiro atoms. The summed E-state index contributed by atoms with van der Waals surface area (Å²) in [6.07, 6.45) is 1.47. The number of amides is 1. The quantitative estimate of drug-likeness (QED) is 0.306. The molecule has 2 aromatic carbocycles. The van der Waals surface area contributed by atoms with Gasteiger partial charge in [-0.2, -0.15) is 10.2 Å². The number of hydrazone groups is 1. The van der Waals surface area contributed by atoms with Gasteiger partial charge in [0.2, 0.25) is 0 Å². The lowest BCUT2D eigenvalue weighted by molar-refractivity contribution is 0.0734. The van der Waals surface area contributed by atoms with Gasteiger partial charge in [-0.25, -0.2) is 10.2 Å². The van der Waals surface area contributed by atoms with E-state index in [0.29, 0.717) is 21.9 Å². The number of benzene rings is 2. The van der Waals surface area contributed by atoms with E-state index >= 15 is 0 Å². The fourth-order valence-corrected chi connectivity index (χ4v) is 2.38. The number of carbonyl (C=O) groups excluding carboxylic acids is 2. The van der Waals surface area contributed by atoms with Gasteiger partial charge in [0.15, 0.2) is 5.69 Å². The van der Waals surface area contributed by atoms with E-state index in [1.54, 1.807) is 61.5 Å². The van der Waals surface area contributed by atoms with Crippen LogP contribution < -0.4 is 10.2 Å². The van der Waals surface area contributed by atoms with Crippen molar-refractivity contribution in [2.75, 3.05) is 0 Å². The zero-order valence-electron chi connectivity index (χ0n) is 14.3. The van der Waals surface area contributed by atoms with Gasteiger partial charge in [0.05, 0.1) is 16.8 Å². The smallest absolute Gasteiger partial charge is 0.345 e. The molecule has 0 saturated heterocycles. The number of ether oxygens (including phenoxy) is 1. The average Bonchev–Trinajstić information content (AvgIpc) is 3.10. The van der Waals surface area contributed by atoms with Crippen molar-refractivity contribution < 1.29 is 14.3 Å². The lowest BCUT2D eigenvalue weighted by Crippen LogP contribution is -2.18. The Morgan fingerprint density at radius 2 is 1.93 bits per heavy atom. The maximum absolute atomic E-state index is 12.1. The van der Waals surface area contributed by atoms with Crippen molar-refractivity contribution in [2.24, 2.45) is 5.10 Å². The van der Waals surface area contributed by atoms with Gasteiger partial charge in [-0.3, -0.25) is 9.89 Å². The Bertz CT molecular complexity index is 996. The molecule has 0 bridgehead atoms. The molecule has 0 unspecified atom stereocenters. The van der Waals surface area contributed by atoms with Crippen LogP contribution in [0.2, 0.25) is 5.02 Å². The molecule has 1 heterocycles. The standard InChI is InChI=1S/C19H15ClN4O3/c1-12-10-17(23-22-12)18(25)24-21-11-13-6-8-14(9-7-13)27-19(26)15-4-2-3-5-16(15)20/h2-11H,1H3,(H,22,23)(H,24,25). The molecule has 27 heavy (non-hydrogen) atoms. The number of carbonyl (C=O) groups is 2. The number of H-pyrrole nitrogens is 1. The molecule has 0 fully saturated rings. The van der Waals surface area contributed by atoms with Crippen LogP contribution in [0, 0.1) is 6.92 Å². The van der Waals surface area contributed by atoms with E-state index in [4.69, 9.17) is 16.3 Å². The number of hydrogen-bond acceptors (Lipinski definition) is 5. The Hall–Kier alpha value is -3.45. The fourth-order valence-electron chi connectivity index (χ4n) is 2.17. The van der Waals surface area contributed by atoms with Crippen LogP contribution in [0.5, 0.6) is 5.75 Å². The van der Waals surface area contributed by atoms with E-state index in [0.717, 1.165) is 5.69 Å². The van der Waals surface area contributed by atoms with E-state index < -0.39 is 11.9 Å². The summed E-state index contributed by atoms with van der Waals surface area (Å²) in [7, 11) is 0. The molecular formula is C19H15ClN4O3. The zero-order chi connectivity index (χ0) is 19.2. The van der Waals surface area contributed by atoms with Crippen molar-refractivity contribution in [3.8, 4) is 5.75 Å². The molecular weight excluding hydrogens is 368 g/mol. The minimum atomic E-state index is -0.538. The minimum absolute atomic E-state index is 0.256. The Morgan fingerprint density at radius 3 is 2.59 bits per heavy atom. The van der Waals surface area contributed by atoms with Gasteiger partial charge < -0.3 is 4.74 Å². The summed E-state index contributed by atoms with van der Waals surface area (Å²) in [5, 5.41) is 10.7. The van der Waals surface area contributed by atoms with Crippen molar-refractivity contribution in [3.05, 3.63) is 82.1 Å². The summed E-state index contributed by atoms with van der Waals surface area (Å²) in [4.78, 5) is 23.9. The topological polar surface area (TPSA) is 96.4 Å². The Morgan fingerprint density at radius 1 is 1.19 bits per heavy atom. The molecule has 3 aromatic rings. The van der Waals surface area contributed by atoms with Gasteiger partial charge in [0.25, 0.3) is 5.91 Å². The summed E-state index contributed by atoms with van der Waals surface area (Å²) in [5.74, 6) is -0.586. The van der Waals surface area contributed by atoms with Crippen LogP contribution in [0.25, 0.3) is 0 Å². The van der Waals surface area contributed by atoms with Gasteiger partial charge >= 0.3 is 5.97 Å². The first kappa shape index (κ1) is 18.3. The largest absolute Gasteiger partial charge is 0.423 e. The third-order valence-electron chi connectivity index (χ3n) is 3.50. The first-order chi connectivity index (χ1) is 13.0. The predicted molar refractivity (Wildman–Crippen MR) is 101 cm³/mol. The van der Waals surface area contributed by atoms with Crippen LogP contribution in [0.15, 0.2) is 59.7 Å². The first-order valence-electron chi connectivity index (χ1n) is 7.95. The maximum Gasteiger partial charge on any atom is 0.345 e. The minimum Gasteiger partial charge on any atom is -0.423 e. The van der Waals surface area contributed by atoms with E-state index in [1.165, 1.54) is 6.21 Å². The molecule has 0 atom stereocenters. The van der Waals surface area contributed by atoms with Crippen LogP contribution in [-0.2, 0) is 0 Å². The number of aryl methyl sites for hydroxylation is 1. The SMILES string of the molecule is Cc1cc(C(=O)NN=Cc2ccc(OC(=O)c3ccccc3Cl)cc2)n[nH]1. The number of esters is 1. The molecule has 2 N–H and O–H groups in total. The highest BCUT2D eigenvalue weighted by Gasteiger charge is 2.12. The third kappa shape index (κ3) is 4.80. The normalized spacial score (nSPS) is 10.7. The number of nitrogens with zero attached hydrogens (tertiary/aromatic N) is 2. The van der Waals surface area contributed by atoms with Crippen LogP contribution in [0.3, 0.4) is 0 Å². The Labute approximate surface area is 160 Å². The van der Waals surface area contributed by atoms with Crippen LogP contribution >= 0.6 is 11.6 Å². The molecule has 0 aliphatic carbocycles. The van der Waals surface area contributed by atoms with Gasteiger partial charge in [0.1, 0.15) is 5.75 Å². The molecule has 0 radical (unpaired) electrons. The summed E-state index contributed by atoms with van der Waals surface area (Å²) in [6, 6.07) is 14.9. The first-order valence-corrected chi connectivity index (χ1v) is 8.33. The number of aromatic amines is 1. The summed E-state index contributed by atoms with van der Waals surface area (Å²) in [5.41, 5.74) is 4.43. The molecule has 1 aromatic heterocycles. The number of aromatic nitrogens is 2. The molecule has 0 aliphatic rings. The highest BCUT2D eigenvalue weighted by atomic mass is 35.5. The lowest BCUT2D eigenvalue weighted by Gasteiger charge is -2.05. The fraction of sp³-hybridized carbons (Fsp3) is 0.0526. The monoisotopic (exact) mass is 382 g/mol. The van der Waals surface area contributed by atoms with Gasteiger partial charge in [0, 0.05) is 5.69 Å². The lowest BCUT2D eigenvalue weighted by atomic mass is 10.2. The van der Waals surface area contributed by atoms with Crippen molar-refractivity contribution in [1.29, 1.82) is 0 Å². The molecule has 0 saturated carbocycles. The highest BCUT2D eigenvalue weighted by molar-refractivity contribution is 6.33. The molecule has 8 heteroatoms. The Balaban J connectivity index is 1.58. The maximum atomic E-state index is 12.1. The second-order valence-corrected chi connectivity index (χ2v) is 5.98. The molecule has 0 aliphatic heterocycles. The Kier molecular flexibility index (Phi) is 5.63. The predicted octanol–water partition coefficient (Wildman–Crippen LogP) is 3.35. The zero-order valence-corrected chi connectivity index (χ0v) is 15.0. The second-order valence-electron chi connectivity index (χ2n) is 5.57. The molecule has 1 amide bonds. The summed E-state index contributed by atoms with van der Waals surface area (Å²) < 4.78 is 5.29. The van der Waals surface area contributed by atoms with Crippen LogP contribution in [0.1, 0.15) is 32.1 Å². The van der Waals surface area contributed by atoms with Crippen molar-refractivity contribution in [3.63, 3.8) is 0 Å². The number of hydrogen-bond donors (Lipinski definition) is 2. The van der Waals surface area contributed by atoms with Crippen molar-refractivity contribution >= 4 is 29.7 Å².